The molecule has 5 heteroatoms. The normalized spacial score (nSPS) is 13.0. The first-order valence-corrected chi connectivity index (χ1v) is 14.9. The SMILES string of the molecule is N#CC(C#N)=C1/C(=C\c2ccc(-c3ccc(N(c4ccccc4)c4ccccc4)cc3)s2)C(=O)c2cc3ccccc3cc21. The molecule has 0 radical (unpaired) electrons. The predicted octanol–water partition coefficient (Wildman–Crippen LogP) is 10.1. The molecule has 206 valence electrons. The molecule has 7 rings (SSSR count). The van der Waals surface area contributed by atoms with Crippen LogP contribution in [0.15, 0.2) is 145 Å². The Labute approximate surface area is 259 Å². The Morgan fingerprint density at radius 2 is 1.18 bits per heavy atom. The fourth-order valence-electron chi connectivity index (χ4n) is 5.69. The standard InChI is InChI=1S/C39H23N3OS/c40-24-29(25-41)38-34-21-27-9-7-8-10-28(27)22-35(34)39(43)36(38)23-33-19-20-37(44-33)26-15-17-32(18-16-26)42(30-11-3-1-4-12-30)31-13-5-2-6-14-31/h1-23H/b36-23+. The van der Waals surface area contributed by atoms with Crippen molar-refractivity contribution in [1.82, 2.24) is 0 Å². The first-order valence-electron chi connectivity index (χ1n) is 14.1. The van der Waals surface area contributed by atoms with E-state index in [0.29, 0.717) is 22.3 Å². The minimum atomic E-state index is -0.176. The molecular formula is C39H23N3OS. The highest BCUT2D eigenvalue weighted by atomic mass is 32.1. The maximum atomic E-state index is 13.7. The Morgan fingerprint density at radius 1 is 0.636 bits per heavy atom. The van der Waals surface area contributed by atoms with Crippen LogP contribution in [0, 0.1) is 22.7 Å². The molecular weight excluding hydrogens is 559 g/mol. The summed E-state index contributed by atoms with van der Waals surface area (Å²) in [5.74, 6) is -0.176. The second-order valence-corrected chi connectivity index (χ2v) is 11.5. The molecule has 0 atom stereocenters. The fourth-order valence-corrected chi connectivity index (χ4v) is 6.64. The minimum Gasteiger partial charge on any atom is -0.311 e. The van der Waals surface area contributed by atoms with Gasteiger partial charge in [0.2, 0.25) is 0 Å². The Hall–Kier alpha value is -6.01. The highest BCUT2D eigenvalue weighted by Crippen LogP contribution is 2.43. The summed E-state index contributed by atoms with van der Waals surface area (Å²) in [7, 11) is 0. The monoisotopic (exact) mass is 581 g/mol. The molecule has 0 aliphatic heterocycles. The zero-order valence-corrected chi connectivity index (χ0v) is 24.3. The molecule has 4 nitrogen and oxygen atoms in total. The van der Waals surface area contributed by atoms with Gasteiger partial charge in [0.15, 0.2) is 5.78 Å². The van der Waals surface area contributed by atoms with E-state index in [1.54, 1.807) is 11.3 Å². The van der Waals surface area contributed by atoms with E-state index in [1.807, 2.05) is 103 Å². The maximum Gasteiger partial charge on any atom is 0.194 e. The van der Waals surface area contributed by atoms with Crippen molar-refractivity contribution in [2.45, 2.75) is 0 Å². The summed E-state index contributed by atoms with van der Waals surface area (Å²) in [4.78, 5) is 17.8. The highest BCUT2D eigenvalue weighted by molar-refractivity contribution is 7.16. The van der Waals surface area contributed by atoms with Crippen molar-refractivity contribution in [1.29, 1.82) is 10.5 Å². The molecule has 0 fully saturated rings. The number of carbonyl (C=O) groups is 1. The van der Waals surface area contributed by atoms with Gasteiger partial charge in [0.1, 0.15) is 17.7 Å². The first kappa shape index (κ1) is 26.9. The van der Waals surface area contributed by atoms with Gasteiger partial charge in [0, 0.05) is 43.5 Å². The third-order valence-corrected chi connectivity index (χ3v) is 8.82. The van der Waals surface area contributed by atoms with Crippen LogP contribution in [0.25, 0.3) is 32.9 Å². The summed E-state index contributed by atoms with van der Waals surface area (Å²) in [6, 6.07) is 48.6. The molecule has 0 saturated carbocycles. The molecule has 0 N–H and O–H groups in total. The summed E-state index contributed by atoms with van der Waals surface area (Å²) >= 11 is 1.56. The van der Waals surface area contributed by atoms with Crippen LogP contribution >= 0.6 is 11.3 Å². The summed E-state index contributed by atoms with van der Waals surface area (Å²) in [5, 5.41) is 21.5. The van der Waals surface area contributed by atoms with E-state index in [1.165, 1.54) is 0 Å². The number of Topliss-reactive ketones (excluding diaryl/α,β-unsaturated/α-hetero) is 1. The predicted molar refractivity (Wildman–Crippen MR) is 179 cm³/mol. The fraction of sp³-hybridized carbons (Fsp3) is 0. The highest BCUT2D eigenvalue weighted by Gasteiger charge is 2.33. The second-order valence-electron chi connectivity index (χ2n) is 10.4. The average Bonchev–Trinajstić information content (AvgIpc) is 3.65. The van der Waals surface area contributed by atoms with E-state index in [0.717, 1.165) is 43.2 Å². The number of hydrogen-bond donors (Lipinski definition) is 0. The van der Waals surface area contributed by atoms with Crippen molar-refractivity contribution < 1.29 is 4.79 Å². The number of allylic oxidation sites excluding steroid dienone is 3. The number of fused-ring (bicyclic) bond motifs is 2. The Bertz CT molecular complexity index is 2140. The van der Waals surface area contributed by atoms with Crippen molar-refractivity contribution in [2.75, 3.05) is 4.90 Å². The third kappa shape index (κ3) is 4.78. The molecule has 0 amide bonds. The lowest BCUT2D eigenvalue weighted by atomic mass is 9.97. The van der Waals surface area contributed by atoms with Gasteiger partial charge >= 0.3 is 0 Å². The van der Waals surface area contributed by atoms with Gasteiger partial charge in [-0.1, -0.05) is 72.8 Å². The lowest BCUT2D eigenvalue weighted by molar-refractivity contribution is 0.104. The molecule has 1 aliphatic rings. The lowest BCUT2D eigenvalue weighted by Gasteiger charge is -2.25. The van der Waals surface area contributed by atoms with Crippen LogP contribution in [0.1, 0.15) is 20.8 Å². The quantitative estimate of drug-likeness (QED) is 0.150. The van der Waals surface area contributed by atoms with Crippen LogP contribution in [0.3, 0.4) is 0 Å². The van der Waals surface area contributed by atoms with Crippen molar-refractivity contribution in [3.63, 3.8) is 0 Å². The largest absolute Gasteiger partial charge is 0.311 e. The van der Waals surface area contributed by atoms with Gasteiger partial charge in [0.05, 0.1) is 0 Å². The van der Waals surface area contributed by atoms with E-state index in [9.17, 15) is 15.3 Å². The number of ketones is 1. The first-order chi connectivity index (χ1) is 21.6. The van der Waals surface area contributed by atoms with Crippen LogP contribution in [-0.4, -0.2) is 5.78 Å². The van der Waals surface area contributed by atoms with Gasteiger partial charge in [-0.15, -0.1) is 11.3 Å². The van der Waals surface area contributed by atoms with Crippen LogP contribution in [0.2, 0.25) is 0 Å². The molecule has 0 unspecified atom stereocenters. The van der Waals surface area contributed by atoms with Crippen LogP contribution in [-0.2, 0) is 0 Å². The molecule has 1 aliphatic carbocycles. The van der Waals surface area contributed by atoms with Crippen molar-refractivity contribution in [3.8, 4) is 22.6 Å². The van der Waals surface area contributed by atoms with Gasteiger partial charge in [-0.2, -0.15) is 10.5 Å². The number of anilines is 3. The summed E-state index contributed by atoms with van der Waals surface area (Å²) in [6.45, 7) is 0. The Balaban J connectivity index is 1.24. The maximum absolute atomic E-state index is 13.7. The van der Waals surface area contributed by atoms with Gasteiger partial charge < -0.3 is 4.90 Å². The van der Waals surface area contributed by atoms with E-state index in [-0.39, 0.29) is 11.4 Å². The molecule has 44 heavy (non-hydrogen) atoms. The molecule has 0 spiro atoms. The number of nitrogens with zero attached hydrogens (tertiary/aromatic N) is 3. The van der Waals surface area contributed by atoms with E-state index < -0.39 is 0 Å². The zero-order valence-electron chi connectivity index (χ0n) is 23.4. The summed E-state index contributed by atoms with van der Waals surface area (Å²) in [6.07, 6.45) is 1.81. The number of hydrogen-bond acceptors (Lipinski definition) is 5. The van der Waals surface area contributed by atoms with Crippen molar-refractivity contribution in [3.05, 3.63) is 161 Å². The number of rotatable bonds is 5. The summed E-state index contributed by atoms with van der Waals surface area (Å²) in [5.41, 5.74) is 6.11. The number of thiophene rings is 1. The molecule has 1 heterocycles. The van der Waals surface area contributed by atoms with Crippen molar-refractivity contribution >= 4 is 56.6 Å². The molecule has 1 aromatic heterocycles. The zero-order chi connectivity index (χ0) is 30.0. The van der Waals surface area contributed by atoms with E-state index in [2.05, 4.69) is 53.4 Å². The van der Waals surface area contributed by atoms with Crippen LogP contribution in [0.4, 0.5) is 17.1 Å². The van der Waals surface area contributed by atoms with E-state index in [4.69, 9.17) is 0 Å². The molecule has 0 bridgehead atoms. The van der Waals surface area contributed by atoms with Crippen LogP contribution in [0.5, 0.6) is 0 Å². The average molecular weight is 582 g/mol. The lowest BCUT2D eigenvalue weighted by Crippen LogP contribution is -2.09. The van der Waals surface area contributed by atoms with Gasteiger partial charge in [0.25, 0.3) is 0 Å². The number of benzene rings is 5. The minimum absolute atomic E-state index is 0.0626. The van der Waals surface area contributed by atoms with Gasteiger partial charge in [-0.3, -0.25) is 4.79 Å². The number of nitriles is 2. The molecule has 0 saturated heterocycles. The van der Waals surface area contributed by atoms with E-state index >= 15 is 0 Å². The van der Waals surface area contributed by atoms with Gasteiger partial charge in [-0.05, 0) is 88.6 Å². The molecule has 6 aromatic rings. The number of carbonyl (C=O) groups excluding carboxylic acids is 1. The summed E-state index contributed by atoms with van der Waals surface area (Å²) < 4.78 is 0. The van der Waals surface area contributed by atoms with Gasteiger partial charge in [-0.25, -0.2) is 0 Å². The number of para-hydroxylation sites is 2. The van der Waals surface area contributed by atoms with Crippen molar-refractivity contribution in [2.24, 2.45) is 0 Å². The third-order valence-electron chi connectivity index (χ3n) is 7.74. The smallest absolute Gasteiger partial charge is 0.194 e. The van der Waals surface area contributed by atoms with Crippen LogP contribution < -0.4 is 4.90 Å². The Morgan fingerprint density at radius 3 is 1.77 bits per heavy atom. The Kier molecular flexibility index (Phi) is 6.93. The molecule has 5 aromatic carbocycles. The second kappa shape index (κ2) is 11.3. The topological polar surface area (TPSA) is 67.9 Å².